The Morgan fingerprint density at radius 3 is 2.90 bits per heavy atom. The highest BCUT2D eigenvalue weighted by molar-refractivity contribution is 9.10. The number of carbonyl (C=O) groups excluding carboxylic acids is 1. The molecule has 1 aliphatic rings. The molecule has 0 radical (unpaired) electrons. The maximum atomic E-state index is 11.1. The van der Waals surface area contributed by atoms with Gasteiger partial charge in [-0.15, -0.1) is 11.8 Å². The van der Waals surface area contributed by atoms with Gasteiger partial charge in [0.1, 0.15) is 6.04 Å². The average molecular weight is 369 g/mol. The van der Waals surface area contributed by atoms with Gasteiger partial charge in [-0.2, -0.15) is 4.98 Å². The van der Waals surface area contributed by atoms with E-state index in [1.54, 1.807) is 11.8 Å². The van der Waals surface area contributed by atoms with E-state index in [2.05, 4.69) is 36.7 Å². The van der Waals surface area contributed by atoms with E-state index in [9.17, 15) is 4.79 Å². The summed E-state index contributed by atoms with van der Waals surface area (Å²) in [5.41, 5.74) is 0. The number of amides is 1. The third-order valence-electron chi connectivity index (χ3n) is 2.98. The van der Waals surface area contributed by atoms with Crippen LogP contribution in [-0.4, -0.2) is 29.1 Å². The number of nitrogens with one attached hydrogen (secondary N) is 2. The number of benzene rings is 1. The number of hydrogen-bond donors (Lipinski definition) is 2. The van der Waals surface area contributed by atoms with Crippen molar-refractivity contribution in [1.29, 1.82) is 0 Å². The first kappa shape index (κ1) is 14.6. The first-order valence-electron chi connectivity index (χ1n) is 6.41. The Balaban J connectivity index is 1.57. The second-order valence-corrected chi connectivity index (χ2v) is 6.49. The predicted octanol–water partition coefficient (Wildman–Crippen LogP) is 1.88. The van der Waals surface area contributed by atoms with Gasteiger partial charge in [-0.05, 0) is 24.3 Å². The van der Waals surface area contributed by atoms with Gasteiger partial charge in [0, 0.05) is 15.9 Å². The van der Waals surface area contributed by atoms with Gasteiger partial charge < -0.3 is 9.84 Å². The number of carbonyl (C=O) groups is 1. The smallest absolute Gasteiger partial charge is 0.245 e. The van der Waals surface area contributed by atoms with Gasteiger partial charge in [-0.25, -0.2) is 0 Å². The van der Waals surface area contributed by atoms with E-state index in [-0.39, 0.29) is 18.5 Å². The predicted molar refractivity (Wildman–Crippen MR) is 81.8 cm³/mol. The minimum Gasteiger partial charge on any atom is -0.353 e. The quantitative estimate of drug-likeness (QED) is 0.802. The van der Waals surface area contributed by atoms with Gasteiger partial charge in [0.2, 0.25) is 11.8 Å². The van der Waals surface area contributed by atoms with Gasteiger partial charge in [-0.3, -0.25) is 10.1 Å². The minimum absolute atomic E-state index is 0.0169. The van der Waals surface area contributed by atoms with Crippen LogP contribution in [0, 0.1) is 0 Å². The van der Waals surface area contributed by atoms with Crippen LogP contribution < -0.4 is 10.6 Å². The standard InChI is InChI=1S/C13H13BrN4O2S/c14-8-1-3-9(4-2-8)21-7-11-17-13(20-18-11)10-5-16-12(19)6-15-10/h1-4,10,15H,5-7H2,(H,16,19). The van der Waals surface area contributed by atoms with Crippen molar-refractivity contribution in [3.63, 3.8) is 0 Å². The zero-order valence-corrected chi connectivity index (χ0v) is 13.4. The fourth-order valence-corrected chi connectivity index (χ4v) is 2.89. The summed E-state index contributed by atoms with van der Waals surface area (Å²) in [6.45, 7) is 0.746. The van der Waals surface area contributed by atoms with Crippen LogP contribution in [0.1, 0.15) is 17.8 Å². The lowest BCUT2D eigenvalue weighted by Crippen LogP contribution is -2.47. The Bertz CT molecular complexity index is 621. The van der Waals surface area contributed by atoms with E-state index in [0.717, 1.165) is 9.37 Å². The molecule has 8 heteroatoms. The molecule has 21 heavy (non-hydrogen) atoms. The first-order chi connectivity index (χ1) is 10.2. The number of halogens is 1. The lowest BCUT2D eigenvalue weighted by atomic mass is 10.2. The van der Waals surface area contributed by atoms with Crippen molar-refractivity contribution < 1.29 is 9.32 Å². The molecule has 1 saturated heterocycles. The van der Waals surface area contributed by atoms with Crippen molar-refractivity contribution in [2.75, 3.05) is 13.1 Å². The van der Waals surface area contributed by atoms with Crippen molar-refractivity contribution in [1.82, 2.24) is 20.8 Å². The van der Waals surface area contributed by atoms with Crippen LogP contribution in [-0.2, 0) is 10.5 Å². The summed E-state index contributed by atoms with van der Waals surface area (Å²) >= 11 is 5.05. The molecule has 0 aliphatic carbocycles. The molecule has 1 aliphatic heterocycles. The Hall–Kier alpha value is -1.38. The third-order valence-corrected chi connectivity index (χ3v) is 4.51. The normalized spacial score (nSPS) is 18.5. The summed E-state index contributed by atoms with van der Waals surface area (Å²) in [6, 6.07) is 7.96. The highest BCUT2D eigenvalue weighted by Gasteiger charge is 2.23. The number of piperazine rings is 1. The van der Waals surface area contributed by atoms with Crippen LogP contribution in [0.4, 0.5) is 0 Å². The van der Waals surface area contributed by atoms with Gasteiger partial charge in [0.25, 0.3) is 0 Å². The SMILES string of the molecule is O=C1CNC(c2nc(CSc3ccc(Br)cc3)no2)CN1. The largest absolute Gasteiger partial charge is 0.353 e. The lowest BCUT2D eigenvalue weighted by molar-refractivity contribution is -0.121. The number of aromatic nitrogens is 2. The van der Waals surface area contributed by atoms with E-state index >= 15 is 0 Å². The summed E-state index contributed by atoms with van der Waals surface area (Å²) in [6.07, 6.45) is 0. The Kier molecular flexibility index (Phi) is 4.57. The molecule has 1 aromatic carbocycles. The second-order valence-electron chi connectivity index (χ2n) is 4.53. The van der Waals surface area contributed by atoms with Crippen LogP contribution >= 0.6 is 27.7 Å². The molecular weight excluding hydrogens is 356 g/mol. The molecule has 2 N–H and O–H groups in total. The fourth-order valence-electron chi connectivity index (χ4n) is 1.89. The highest BCUT2D eigenvalue weighted by Crippen LogP contribution is 2.24. The molecule has 0 spiro atoms. The number of thioether (sulfide) groups is 1. The number of nitrogens with zero attached hydrogens (tertiary/aromatic N) is 2. The Labute approximate surface area is 134 Å². The maximum absolute atomic E-state index is 11.1. The molecule has 3 rings (SSSR count). The van der Waals surface area contributed by atoms with Crippen molar-refractivity contribution in [2.45, 2.75) is 16.7 Å². The molecule has 110 valence electrons. The molecule has 0 bridgehead atoms. The molecule has 2 heterocycles. The van der Waals surface area contributed by atoms with Gasteiger partial charge in [0.15, 0.2) is 5.82 Å². The minimum atomic E-state index is -0.110. The summed E-state index contributed by atoms with van der Waals surface area (Å²) in [7, 11) is 0. The molecule has 1 aromatic heterocycles. The topological polar surface area (TPSA) is 80.1 Å². The molecule has 1 atom stereocenters. The maximum Gasteiger partial charge on any atom is 0.245 e. The lowest BCUT2D eigenvalue weighted by Gasteiger charge is -2.20. The average Bonchev–Trinajstić information content (AvgIpc) is 2.96. The van der Waals surface area contributed by atoms with E-state index in [1.165, 1.54) is 0 Å². The van der Waals surface area contributed by atoms with Gasteiger partial charge >= 0.3 is 0 Å². The van der Waals surface area contributed by atoms with Crippen LogP contribution in [0.2, 0.25) is 0 Å². The molecular formula is C13H13BrN4O2S. The monoisotopic (exact) mass is 368 g/mol. The van der Waals surface area contributed by atoms with E-state index in [4.69, 9.17) is 4.52 Å². The highest BCUT2D eigenvalue weighted by atomic mass is 79.9. The molecule has 0 saturated carbocycles. The molecule has 2 aromatic rings. The van der Waals surface area contributed by atoms with Crippen molar-refractivity contribution in [3.8, 4) is 0 Å². The molecule has 6 nitrogen and oxygen atoms in total. The first-order valence-corrected chi connectivity index (χ1v) is 8.19. The van der Waals surface area contributed by atoms with Crippen LogP contribution in [0.5, 0.6) is 0 Å². The van der Waals surface area contributed by atoms with E-state index < -0.39 is 0 Å². The molecule has 1 amide bonds. The second kappa shape index (κ2) is 6.59. The Morgan fingerprint density at radius 2 is 2.19 bits per heavy atom. The Morgan fingerprint density at radius 1 is 1.38 bits per heavy atom. The third kappa shape index (κ3) is 3.84. The summed E-state index contributed by atoms with van der Waals surface area (Å²) in [4.78, 5) is 16.6. The summed E-state index contributed by atoms with van der Waals surface area (Å²) in [5.74, 6) is 1.79. The van der Waals surface area contributed by atoms with Gasteiger partial charge in [0.05, 0.1) is 12.3 Å². The number of hydrogen-bond acceptors (Lipinski definition) is 6. The van der Waals surface area contributed by atoms with Crippen molar-refractivity contribution in [3.05, 3.63) is 40.5 Å². The van der Waals surface area contributed by atoms with E-state index in [1.807, 2.05) is 24.3 Å². The zero-order valence-electron chi connectivity index (χ0n) is 11.0. The van der Waals surface area contributed by atoms with Crippen molar-refractivity contribution >= 4 is 33.6 Å². The summed E-state index contributed by atoms with van der Waals surface area (Å²) in [5, 5.41) is 9.80. The van der Waals surface area contributed by atoms with Crippen LogP contribution in [0.15, 0.2) is 38.2 Å². The van der Waals surface area contributed by atoms with Crippen LogP contribution in [0.3, 0.4) is 0 Å². The van der Waals surface area contributed by atoms with Gasteiger partial charge in [-0.1, -0.05) is 21.1 Å². The molecule has 1 fully saturated rings. The summed E-state index contributed by atoms with van der Waals surface area (Å²) < 4.78 is 6.31. The fraction of sp³-hybridized carbons (Fsp3) is 0.308. The van der Waals surface area contributed by atoms with Crippen LogP contribution in [0.25, 0.3) is 0 Å². The molecule has 1 unspecified atom stereocenters. The van der Waals surface area contributed by atoms with Crippen molar-refractivity contribution in [2.24, 2.45) is 0 Å². The zero-order chi connectivity index (χ0) is 14.7. The van der Waals surface area contributed by atoms with E-state index in [0.29, 0.717) is 24.0 Å². The number of rotatable bonds is 4.